The number of hydrogen-bond donors (Lipinski definition) is 2. The van der Waals surface area contributed by atoms with Crippen molar-refractivity contribution < 1.29 is 9.59 Å². The third kappa shape index (κ3) is 4.53. The van der Waals surface area contributed by atoms with Gasteiger partial charge in [0.1, 0.15) is 0 Å². The van der Waals surface area contributed by atoms with Crippen LogP contribution >= 0.6 is 11.6 Å². The van der Waals surface area contributed by atoms with E-state index < -0.39 is 0 Å². The van der Waals surface area contributed by atoms with Crippen molar-refractivity contribution in [2.75, 3.05) is 0 Å². The molecule has 5 rings (SSSR count). The van der Waals surface area contributed by atoms with E-state index in [1.54, 1.807) is 0 Å². The fourth-order valence-corrected chi connectivity index (χ4v) is 6.04. The Morgan fingerprint density at radius 1 is 1.03 bits per heavy atom. The standard InChI is InChI=1S/C26H33ClN2O2/c1-15-17(9-6-12-22(15)30)13-20-24(28-20)19-11-5-10-18(23(19)27)14-21-25(29-21)26(31)16-7-3-2-4-8-16/h5,10-11,16,20-21,24-25,28-29H,2-4,6-9,12-14H2,1H3. The zero-order chi connectivity index (χ0) is 21.5. The van der Waals surface area contributed by atoms with E-state index in [9.17, 15) is 9.59 Å². The molecule has 4 unspecified atom stereocenters. The van der Waals surface area contributed by atoms with Gasteiger partial charge in [-0.1, -0.05) is 54.6 Å². The lowest BCUT2D eigenvalue weighted by Gasteiger charge is -2.19. The van der Waals surface area contributed by atoms with Crippen molar-refractivity contribution in [1.82, 2.24) is 10.6 Å². The van der Waals surface area contributed by atoms with Crippen LogP contribution in [0.3, 0.4) is 0 Å². The van der Waals surface area contributed by atoms with Crippen LogP contribution < -0.4 is 10.6 Å². The van der Waals surface area contributed by atoms with E-state index >= 15 is 0 Å². The summed E-state index contributed by atoms with van der Waals surface area (Å²) in [6.45, 7) is 1.98. The second kappa shape index (κ2) is 8.80. The van der Waals surface area contributed by atoms with Gasteiger partial charge in [0.25, 0.3) is 0 Å². The molecule has 1 aromatic carbocycles. The Labute approximate surface area is 190 Å². The minimum Gasteiger partial charge on any atom is -0.304 e. The molecule has 0 bridgehead atoms. The Bertz CT molecular complexity index is 918. The number of halogens is 1. The monoisotopic (exact) mass is 440 g/mol. The van der Waals surface area contributed by atoms with Gasteiger partial charge in [-0.2, -0.15) is 0 Å². The van der Waals surface area contributed by atoms with Crippen LogP contribution in [-0.2, 0) is 16.0 Å². The molecule has 2 aliphatic heterocycles. The van der Waals surface area contributed by atoms with E-state index in [0.29, 0.717) is 24.0 Å². The molecular weight excluding hydrogens is 408 g/mol. The lowest BCUT2D eigenvalue weighted by atomic mass is 9.84. The highest BCUT2D eigenvalue weighted by Crippen LogP contribution is 2.41. The van der Waals surface area contributed by atoms with Crippen molar-refractivity contribution in [2.45, 2.75) is 95.3 Å². The zero-order valence-electron chi connectivity index (χ0n) is 18.4. The van der Waals surface area contributed by atoms with Crippen LogP contribution in [0.15, 0.2) is 29.3 Å². The first-order chi connectivity index (χ1) is 15.0. The molecule has 0 spiro atoms. The van der Waals surface area contributed by atoms with Crippen molar-refractivity contribution in [2.24, 2.45) is 5.92 Å². The first-order valence-corrected chi connectivity index (χ1v) is 12.5. The predicted molar refractivity (Wildman–Crippen MR) is 123 cm³/mol. The number of allylic oxidation sites excluding steroid dienone is 1. The van der Waals surface area contributed by atoms with Gasteiger partial charge in [-0.3, -0.25) is 9.59 Å². The molecule has 0 radical (unpaired) electrons. The van der Waals surface area contributed by atoms with Crippen LogP contribution in [0.1, 0.15) is 81.9 Å². The summed E-state index contributed by atoms with van der Waals surface area (Å²) < 4.78 is 0. The molecule has 2 saturated heterocycles. The van der Waals surface area contributed by atoms with E-state index in [-0.39, 0.29) is 24.0 Å². The quantitative estimate of drug-likeness (QED) is 0.594. The summed E-state index contributed by atoms with van der Waals surface area (Å²) in [6.07, 6.45) is 10.3. The first-order valence-electron chi connectivity index (χ1n) is 12.1. The highest BCUT2D eigenvalue weighted by Gasteiger charge is 2.45. The van der Waals surface area contributed by atoms with E-state index in [4.69, 9.17) is 11.6 Å². The molecule has 2 N–H and O–H groups in total. The zero-order valence-corrected chi connectivity index (χ0v) is 19.1. The summed E-state index contributed by atoms with van der Waals surface area (Å²) >= 11 is 6.83. The Morgan fingerprint density at radius 3 is 2.65 bits per heavy atom. The van der Waals surface area contributed by atoms with Crippen LogP contribution in [-0.4, -0.2) is 29.7 Å². The summed E-state index contributed by atoms with van der Waals surface area (Å²) in [5.41, 5.74) is 4.58. The van der Waals surface area contributed by atoms with Gasteiger partial charge in [0.2, 0.25) is 0 Å². The Hall–Kier alpha value is -1.49. The van der Waals surface area contributed by atoms with Crippen molar-refractivity contribution in [3.8, 4) is 0 Å². The molecule has 4 nitrogen and oxygen atoms in total. The average molecular weight is 441 g/mol. The minimum absolute atomic E-state index is 0.0216. The van der Waals surface area contributed by atoms with Crippen molar-refractivity contribution in [3.63, 3.8) is 0 Å². The molecule has 1 aromatic rings. The summed E-state index contributed by atoms with van der Waals surface area (Å²) in [5, 5.41) is 7.83. The van der Waals surface area contributed by atoms with E-state index in [0.717, 1.165) is 60.2 Å². The Morgan fingerprint density at radius 2 is 1.84 bits per heavy atom. The molecule has 1 saturated carbocycles. The van der Waals surface area contributed by atoms with Gasteiger partial charge >= 0.3 is 0 Å². The summed E-state index contributed by atoms with van der Waals surface area (Å²) in [5.74, 6) is 0.998. The molecule has 3 fully saturated rings. The number of rotatable bonds is 7. The number of hydrogen-bond acceptors (Lipinski definition) is 4. The molecule has 4 atom stereocenters. The number of carbonyl (C=O) groups is 2. The second-order valence-corrected chi connectivity index (χ2v) is 10.4. The van der Waals surface area contributed by atoms with Crippen LogP contribution in [0, 0.1) is 5.92 Å². The topological polar surface area (TPSA) is 78.0 Å². The molecule has 31 heavy (non-hydrogen) atoms. The summed E-state index contributed by atoms with van der Waals surface area (Å²) in [4.78, 5) is 24.8. The third-order valence-electron chi connectivity index (χ3n) is 7.87. The Kier molecular flexibility index (Phi) is 6.07. The van der Waals surface area contributed by atoms with Gasteiger partial charge in [-0.05, 0) is 62.1 Å². The van der Waals surface area contributed by atoms with E-state index in [1.165, 1.54) is 24.8 Å². The van der Waals surface area contributed by atoms with Crippen LogP contribution in [0.4, 0.5) is 0 Å². The molecule has 5 heteroatoms. The van der Waals surface area contributed by atoms with Gasteiger partial charge in [0.05, 0.1) is 6.04 Å². The van der Waals surface area contributed by atoms with Crippen LogP contribution in [0.5, 0.6) is 0 Å². The fourth-order valence-electron chi connectivity index (χ4n) is 5.72. The number of ketones is 2. The number of Topliss-reactive ketones (excluding diaryl/α,β-unsaturated/α-hetero) is 2. The number of carbonyl (C=O) groups excluding carboxylic acids is 2. The predicted octanol–water partition coefficient (Wildman–Crippen LogP) is 4.84. The smallest absolute Gasteiger partial charge is 0.158 e. The largest absolute Gasteiger partial charge is 0.304 e. The van der Waals surface area contributed by atoms with Gasteiger partial charge < -0.3 is 10.6 Å². The van der Waals surface area contributed by atoms with Crippen molar-refractivity contribution in [1.29, 1.82) is 0 Å². The number of nitrogens with one attached hydrogen (secondary N) is 2. The summed E-state index contributed by atoms with van der Waals surface area (Å²) in [7, 11) is 0. The normalized spacial score (nSPS) is 31.1. The third-order valence-corrected chi connectivity index (χ3v) is 8.33. The van der Waals surface area contributed by atoms with Crippen molar-refractivity contribution in [3.05, 3.63) is 45.5 Å². The molecule has 0 aromatic heterocycles. The van der Waals surface area contributed by atoms with E-state index in [1.807, 2.05) is 6.92 Å². The first kappa shape index (κ1) is 21.4. The lowest BCUT2D eigenvalue weighted by Crippen LogP contribution is -2.24. The van der Waals surface area contributed by atoms with Gasteiger partial charge in [-0.15, -0.1) is 0 Å². The fraction of sp³-hybridized carbons (Fsp3) is 0.615. The molecule has 2 heterocycles. The van der Waals surface area contributed by atoms with Gasteiger partial charge in [0.15, 0.2) is 11.6 Å². The van der Waals surface area contributed by atoms with Crippen molar-refractivity contribution >= 4 is 23.2 Å². The summed E-state index contributed by atoms with van der Waals surface area (Å²) in [6, 6.07) is 7.17. The molecular formula is C26H33ClN2O2. The molecule has 2 aliphatic carbocycles. The number of benzene rings is 1. The maximum Gasteiger partial charge on any atom is 0.158 e. The molecule has 4 aliphatic rings. The highest BCUT2D eigenvalue weighted by molar-refractivity contribution is 6.32. The maximum absolute atomic E-state index is 12.8. The highest BCUT2D eigenvalue weighted by atomic mass is 35.5. The SMILES string of the molecule is CC1=C(CC2NC2c2cccc(CC3NC3C(=O)C3CCCCC3)c2Cl)CCCC1=O. The second-order valence-electron chi connectivity index (χ2n) is 9.97. The minimum atomic E-state index is 0.0216. The maximum atomic E-state index is 12.8. The van der Waals surface area contributed by atoms with Gasteiger partial charge in [-0.25, -0.2) is 0 Å². The lowest BCUT2D eigenvalue weighted by molar-refractivity contribution is -0.123. The average Bonchev–Trinajstić information content (AvgIpc) is 3.70. The van der Waals surface area contributed by atoms with Crippen LogP contribution in [0.25, 0.3) is 0 Å². The van der Waals surface area contributed by atoms with Crippen LogP contribution in [0.2, 0.25) is 5.02 Å². The van der Waals surface area contributed by atoms with Gasteiger partial charge in [0, 0.05) is 35.5 Å². The van der Waals surface area contributed by atoms with E-state index in [2.05, 4.69) is 28.8 Å². The molecule has 0 amide bonds. The Balaban J connectivity index is 1.20. The molecule has 166 valence electrons.